The van der Waals surface area contributed by atoms with Crippen molar-refractivity contribution in [1.82, 2.24) is 20.2 Å². The maximum absolute atomic E-state index is 12.2. The van der Waals surface area contributed by atoms with Crippen molar-refractivity contribution in [2.45, 2.75) is 44.6 Å². The summed E-state index contributed by atoms with van der Waals surface area (Å²) in [5.41, 5.74) is 2.03. The van der Waals surface area contributed by atoms with Gasteiger partial charge in [-0.15, -0.1) is 0 Å². The lowest BCUT2D eigenvalue weighted by Crippen LogP contribution is -2.43. The number of nitrogens with zero attached hydrogens (tertiary/aromatic N) is 2. The number of carbonyl (C=O) groups excluding carboxylic acids is 1. The Balaban J connectivity index is 1.38. The summed E-state index contributed by atoms with van der Waals surface area (Å²) in [5.74, 6) is 1.16. The minimum Gasteiger partial charge on any atom is -0.393 e. The Bertz CT molecular complexity index is 667. The number of aromatic amines is 1. The molecular formula is C19H28N4O2. The molecule has 136 valence electrons. The highest BCUT2D eigenvalue weighted by molar-refractivity contribution is 5.75. The first-order valence-electron chi connectivity index (χ1n) is 9.24. The maximum atomic E-state index is 12.2. The monoisotopic (exact) mass is 344 g/mol. The van der Waals surface area contributed by atoms with Gasteiger partial charge >= 0.3 is 6.03 Å². The van der Waals surface area contributed by atoms with Crippen LogP contribution in [0, 0.1) is 5.92 Å². The number of hydrogen-bond acceptors (Lipinski definition) is 3. The van der Waals surface area contributed by atoms with Gasteiger partial charge in [-0.1, -0.05) is 25.0 Å². The standard InChI is InChI=1S/C19H28N4O2/c1-23(13-14-7-2-5-10-17(14)24)19(25)20-12-6-11-18-21-15-8-3-4-9-16(15)22-18/h3-4,8-9,14,17,24H,2,5-7,10-13H2,1H3,(H,20,25)(H,21,22)/t14-,17+/m1/s1. The number of rotatable bonds is 6. The van der Waals surface area contributed by atoms with Gasteiger partial charge in [-0.3, -0.25) is 0 Å². The molecule has 2 aromatic rings. The topological polar surface area (TPSA) is 81.2 Å². The highest BCUT2D eigenvalue weighted by Gasteiger charge is 2.25. The number of amides is 2. The van der Waals surface area contributed by atoms with Gasteiger partial charge < -0.3 is 20.3 Å². The summed E-state index contributed by atoms with van der Waals surface area (Å²) in [4.78, 5) is 21.7. The SMILES string of the molecule is CN(C[C@H]1CCCC[C@@H]1O)C(=O)NCCCc1nc2ccccc2[nH]1. The number of aliphatic hydroxyl groups is 1. The number of nitrogens with one attached hydrogen (secondary N) is 2. The molecule has 2 atom stereocenters. The quantitative estimate of drug-likeness (QED) is 0.705. The molecule has 1 saturated carbocycles. The van der Waals surface area contributed by atoms with E-state index in [4.69, 9.17) is 0 Å². The predicted octanol–water partition coefficient (Wildman–Crippen LogP) is 2.69. The molecule has 0 radical (unpaired) electrons. The van der Waals surface area contributed by atoms with Crippen LogP contribution in [-0.4, -0.2) is 52.2 Å². The molecule has 1 fully saturated rings. The van der Waals surface area contributed by atoms with Gasteiger partial charge in [0.25, 0.3) is 0 Å². The maximum Gasteiger partial charge on any atom is 0.317 e. The Morgan fingerprint density at radius 3 is 2.96 bits per heavy atom. The highest BCUT2D eigenvalue weighted by Crippen LogP contribution is 2.24. The second-order valence-corrected chi connectivity index (χ2v) is 7.03. The van der Waals surface area contributed by atoms with Crippen LogP contribution >= 0.6 is 0 Å². The third-order valence-corrected chi connectivity index (χ3v) is 5.03. The van der Waals surface area contributed by atoms with Crippen molar-refractivity contribution in [3.8, 4) is 0 Å². The van der Waals surface area contributed by atoms with Gasteiger partial charge in [0.1, 0.15) is 5.82 Å². The summed E-state index contributed by atoms with van der Waals surface area (Å²) in [6.07, 6.45) is 5.48. The van der Waals surface area contributed by atoms with Crippen molar-refractivity contribution in [1.29, 1.82) is 0 Å². The number of para-hydroxylation sites is 2. The fraction of sp³-hybridized carbons (Fsp3) is 0.579. The first kappa shape index (κ1) is 17.7. The third kappa shape index (κ3) is 4.72. The van der Waals surface area contributed by atoms with Crippen LogP contribution in [0.2, 0.25) is 0 Å². The smallest absolute Gasteiger partial charge is 0.317 e. The average Bonchev–Trinajstić information content (AvgIpc) is 3.03. The van der Waals surface area contributed by atoms with Crippen LogP contribution < -0.4 is 5.32 Å². The molecule has 6 heteroatoms. The Morgan fingerprint density at radius 1 is 1.36 bits per heavy atom. The largest absolute Gasteiger partial charge is 0.393 e. The van der Waals surface area contributed by atoms with Crippen LogP contribution in [0.5, 0.6) is 0 Å². The molecule has 0 unspecified atom stereocenters. The molecule has 3 rings (SSSR count). The Hall–Kier alpha value is -2.08. The number of aryl methyl sites for hydroxylation is 1. The second-order valence-electron chi connectivity index (χ2n) is 7.03. The number of benzene rings is 1. The number of fused-ring (bicyclic) bond motifs is 1. The second kappa shape index (κ2) is 8.34. The zero-order valence-corrected chi connectivity index (χ0v) is 14.9. The Morgan fingerprint density at radius 2 is 2.16 bits per heavy atom. The van der Waals surface area contributed by atoms with E-state index in [1.807, 2.05) is 24.3 Å². The van der Waals surface area contributed by atoms with Crippen molar-refractivity contribution in [3.05, 3.63) is 30.1 Å². The molecule has 0 saturated heterocycles. The van der Waals surface area contributed by atoms with Crippen LogP contribution in [0.1, 0.15) is 37.9 Å². The highest BCUT2D eigenvalue weighted by atomic mass is 16.3. The molecule has 0 aliphatic heterocycles. The normalized spacial score (nSPS) is 20.6. The minimum absolute atomic E-state index is 0.0672. The number of H-pyrrole nitrogens is 1. The number of hydrogen-bond donors (Lipinski definition) is 3. The van der Waals surface area contributed by atoms with Gasteiger partial charge in [-0.2, -0.15) is 0 Å². The molecule has 0 spiro atoms. The van der Waals surface area contributed by atoms with Crippen LogP contribution in [-0.2, 0) is 6.42 Å². The van der Waals surface area contributed by atoms with Crippen molar-refractivity contribution in [2.75, 3.05) is 20.1 Å². The van der Waals surface area contributed by atoms with Gasteiger partial charge in [0.2, 0.25) is 0 Å². The molecule has 1 aromatic heterocycles. The van der Waals surface area contributed by atoms with Crippen molar-refractivity contribution >= 4 is 17.1 Å². The zero-order valence-electron chi connectivity index (χ0n) is 14.9. The van der Waals surface area contributed by atoms with E-state index < -0.39 is 0 Å². The molecule has 1 aliphatic rings. The van der Waals surface area contributed by atoms with Crippen molar-refractivity contribution in [3.63, 3.8) is 0 Å². The number of carbonyl (C=O) groups is 1. The molecular weight excluding hydrogens is 316 g/mol. The van der Waals surface area contributed by atoms with E-state index >= 15 is 0 Å². The summed E-state index contributed by atoms with van der Waals surface area (Å²) in [7, 11) is 1.80. The van der Waals surface area contributed by atoms with E-state index in [1.165, 1.54) is 0 Å². The van der Waals surface area contributed by atoms with Crippen LogP contribution in [0.4, 0.5) is 4.79 Å². The predicted molar refractivity (Wildman–Crippen MR) is 98.4 cm³/mol. The van der Waals surface area contributed by atoms with Crippen LogP contribution in [0.25, 0.3) is 11.0 Å². The fourth-order valence-corrected chi connectivity index (χ4v) is 3.55. The molecule has 1 aliphatic carbocycles. The molecule has 1 heterocycles. The van der Waals surface area contributed by atoms with Crippen LogP contribution in [0.3, 0.4) is 0 Å². The number of urea groups is 1. The molecule has 3 N–H and O–H groups in total. The number of aliphatic hydroxyl groups excluding tert-OH is 1. The zero-order chi connectivity index (χ0) is 17.6. The van der Waals surface area contributed by atoms with Gasteiger partial charge in [0.05, 0.1) is 17.1 Å². The summed E-state index contributed by atoms with van der Waals surface area (Å²) >= 11 is 0. The van der Waals surface area contributed by atoms with Gasteiger partial charge in [0.15, 0.2) is 0 Å². The average molecular weight is 344 g/mol. The first-order chi connectivity index (χ1) is 12.1. The van der Waals surface area contributed by atoms with E-state index in [0.29, 0.717) is 13.1 Å². The third-order valence-electron chi connectivity index (χ3n) is 5.03. The summed E-state index contributed by atoms with van der Waals surface area (Å²) < 4.78 is 0. The van der Waals surface area contributed by atoms with Crippen molar-refractivity contribution < 1.29 is 9.90 Å². The lowest BCUT2D eigenvalue weighted by molar-refractivity contribution is 0.0565. The number of imidazole rings is 1. The van der Waals surface area contributed by atoms with E-state index in [-0.39, 0.29) is 18.1 Å². The first-order valence-corrected chi connectivity index (χ1v) is 9.24. The fourth-order valence-electron chi connectivity index (χ4n) is 3.55. The van der Waals surface area contributed by atoms with E-state index in [9.17, 15) is 9.90 Å². The van der Waals surface area contributed by atoms with Gasteiger partial charge in [-0.25, -0.2) is 9.78 Å². The summed E-state index contributed by atoms with van der Waals surface area (Å²) in [6, 6.07) is 7.91. The van der Waals surface area contributed by atoms with Crippen LogP contribution in [0.15, 0.2) is 24.3 Å². The lowest BCUT2D eigenvalue weighted by Gasteiger charge is -2.31. The summed E-state index contributed by atoms with van der Waals surface area (Å²) in [5, 5.41) is 13.0. The molecule has 6 nitrogen and oxygen atoms in total. The van der Waals surface area contributed by atoms with E-state index in [0.717, 1.165) is 55.4 Å². The Kier molecular flexibility index (Phi) is 5.91. The van der Waals surface area contributed by atoms with E-state index in [1.54, 1.807) is 11.9 Å². The van der Waals surface area contributed by atoms with Crippen molar-refractivity contribution in [2.24, 2.45) is 5.92 Å². The molecule has 0 bridgehead atoms. The van der Waals surface area contributed by atoms with Gasteiger partial charge in [-0.05, 0) is 31.4 Å². The number of aromatic nitrogens is 2. The van der Waals surface area contributed by atoms with E-state index in [2.05, 4.69) is 15.3 Å². The molecule has 25 heavy (non-hydrogen) atoms. The molecule has 2 amide bonds. The minimum atomic E-state index is -0.267. The lowest BCUT2D eigenvalue weighted by atomic mass is 9.86. The summed E-state index contributed by atoms with van der Waals surface area (Å²) in [6.45, 7) is 1.24. The van der Waals surface area contributed by atoms with Gasteiger partial charge in [0, 0.05) is 32.5 Å². The molecule has 1 aromatic carbocycles. The Labute approximate surface area is 148 Å².